The highest BCUT2D eigenvalue weighted by Gasteiger charge is 2.21. The first-order valence-corrected chi connectivity index (χ1v) is 11.2. The Labute approximate surface area is 195 Å². The molecule has 0 saturated heterocycles. The number of thioether (sulfide) groups is 1. The van der Waals surface area contributed by atoms with Crippen molar-refractivity contribution in [1.29, 1.82) is 0 Å². The van der Waals surface area contributed by atoms with Gasteiger partial charge in [0.2, 0.25) is 5.16 Å². The van der Waals surface area contributed by atoms with E-state index in [9.17, 15) is 14.4 Å². The Morgan fingerprint density at radius 3 is 2.15 bits per heavy atom. The molecule has 0 spiro atoms. The molecule has 2 aromatic heterocycles. The van der Waals surface area contributed by atoms with Crippen molar-refractivity contribution in [3.63, 3.8) is 0 Å². The first-order chi connectivity index (χ1) is 15.7. The number of hydrogen-bond acceptors (Lipinski definition) is 8. The number of aryl methyl sites for hydroxylation is 1. The topological polar surface area (TPSA) is 116 Å². The summed E-state index contributed by atoms with van der Waals surface area (Å²) in [6.45, 7) is 7.69. The second-order valence-electron chi connectivity index (χ2n) is 7.74. The molecule has 1 N–H and O–H groups in total. The minimum atomic E-state index is -0.579. The van der Waals surface area contributed by atoms with Crippen LogP contribution < -0.4 is 0 Å². The molecule has 0 aliphatic carbocycles. The summed E-state index contributed by atoms with van der Waals surface area (Å²) in [4.78, 5) is 41.7. The number of carbonyl (C=O) groups is 3. The molecule has 3 rings (SSSR count). The summed E-state index contributed by atoms with van der Waals surface area (Å²) >= 11 is 1.27. The number of methoxy groups -OCH3 is 2. The first-order valence-electron chi connectivity index (χ1n) is 10.3. The van der Waals surface area contributed by atoms with Crippen LogP contribution in [-0.4, -0.2) is 57.4 Å². The molecule has 0 bridgehead atoms. The van der Waals surface area contributed by atoms with Crippen molar-refractivity contribution in [3.05, 3.63) is 58.2 Å². The maximum Gasteiger partial charge on any atom is 0.337 e. The van der Waals surface area contributed by atoms with Crippen LogP contribution in [0.15, 0.2) is 29.4 Å². The van der Waals surface area contributed by atoms with Gasteiger partial charge in [-0.15, -0.1) is 5.10 Å². The highest BCUT2D eigenvalue weighted by molar-refractivity contribution is 7.99. The Bertz CT molecular complexity index is 1180. The molecule has 0 unspecified atom stereocenters. The Balaban J connectivity index is 1.93. The molecular formula is C23H26N4O5S. The predicted molar refractivity (Wildman–Crippen MR) is 123 cm³/mol. The summed E-state index contributed by atoms with van der Waals surface area (Å²) < 4.78 is 11.5. The average molecular weight is 471 g/mol. The first kappa shape index (κ1) is 24.2. The molecule has 1 aromatic carbocycles. The van der Waals surface area contributed by atoms with Crippen LogP contribution in [0.4, 0.5) is 0 Å². The fraction of sp³-hybridized carbons (Fsp3) is 0.348. The monoisotopic (exact) mass is 470 g/mol. The van der Waals surface area contributed by atoms with E-state index in [0.29, 0.717) is 22.1 Å². The van der Waals surface area contributed by atoms with Gasteiger partial charge in [-0.25, -0.2) is 14.6 Å². The van der Waals surface area contributed by atoms with Gasteiger partial charge in [-0.05, 0) is 38.1 Å². The quantitative estimate of drug-likeness (QED) is 0.299. The zero-order valence-corrected chi connectivity index (χ0v) is 20.2. The molecule has 0 amide bonds. The van der Waals surface area contributed by atoms with Crippen LogP contribution in [0.25, 0.3) is 5.69 Å². The zero-order valence-electron chi connectivity index (χ0n) is 19.4. The number of hydrogen-bond donors (Lipinski definition) is 1. The van der Waals surface area contributed by atoms with Gasteiger partial charge in [-0.3, -0.25) is 9.89 Å². The molecule has 174 valence electrons. The summed E-state index contributed by atoms with van der Waals surface area (Å²) in [5.74, 6) is -0.0662. The van der Waals surface area contributed by atoms with Crippen molar-refractivity contribution in [1.82, 2.24) is 19.7 Å². The molecular weight excluding hydrogens is 444 g/mol. The van der Waals surface area contributed by atoms with Gasteiger partial charge in [-0.2, -0.15) is 0 Å². The maximum atomic E-state index is 13.0. The number of benzene rings is 1. The third-order valence-corrected chi connectivity index (χ3v) is 5.96. The summed E-state index contributed by atoms with van der Waals surface area (Å²) in [6.07, 6.45) is 0. The Hall–Kier alpha value is -3.40. The van der Waals surface area contributed by atoms with Crippen LogP contribution in [0, 0.1) is 13.8 Å². The molecule has 0 aliphatic heterocycles. The van der Waals surface area contributed by atoms with E-state index in [0.717, 1.165) is 11.5 Å². The van der Waals surface area contributed by atoms with Crippen molar-refractivity contribution in [2.75, 3.05) is 20.0 Å². The third-order valence-electron chi connectivity index (χ3n) is 5.11. The molecule has 0 fully saturated rings. The fourth-order valence-electron chi connectivity index (χ4n) is 3.44. The van der Waals surface area contributed by atoms with E-state index < -0.39 is 11.9 Å². The summed E-state index contributed by atoms with van der Waals surface area (Å²) in [5, 5.41) is 7.55. The third kappa shape index (κ3) is 5.16. The molecule has 0 saturated carbocycles. The van der Waals surface area contributed by atoms with Gasteiger partial charge in [-0.1, -0.05) is 25.6 Å². The van der Waals surface area contributed by atoms with Crippen molar-refractivity contribution in [3.8, 4) is 5.69 Å². The van der Waals surface area contributed by atoms with Crippen LogP contribution in [0.1, 0.15) is 68.1 Å². The molecule has 2 heterocycles. The molecule has 3 aromatic rings. The zero-order chi connectivity index (χ0) is 24.3. The molecule has 0 aliphatic rings. The number of ether oxygens (including phenoxy) is 2. The summed E-state index contributed by atoms with van der Waals surface area (Å²) in [7, 11) is 2.54. The van der Waals surface area contributed by atoms with Crippen LogP contribution >= 0.6 is 11.8 Å². The van der Waals surface area contributed by atoms with E-state index in [2.05, 4.69) is 15.2 Å². The van der Waals surface area contributed by atoms with Crippen LogP contribution in [0.5, 0.6) is 0 Å². The lowest BCUT2D eigenvalue weighted by Gasteiger charge is -2.13. The van der Waals surface area contributed by atoms with Gasteiger partial charge in [0.25, 0.3) is 0 Å². The second-order valence-corrected chi connectivity index (χ2v) is 8.68. The number of nitrogens with zero attached hydrogens (tertiary/aromatic N) is 3. The number of ketones is 1. The lowest BCUT2D eigenvalue weighted by atomic mass is 10.1. The number of aromatic amines is 1. The van der Waals surface area contributed by atoms with Crippen LogP contribution in [0.3, 0.4) is 0 Å². The number of Topliss-reactive ketones (excluding diaryl/α,β-unsaturated/α-hetero) is 1. The smallest absolute Gasteiger partial charge is 0.337 e. The van der Waals surface area contributed by atoms with Gasteiger partial charge in [0.05, 0.1) is 31.1 Å². The van der Waals surface area contributed by atoms with Crippen molar-refractivity contribution < 1.29 is 23.9 Å². The van der Waals surface area contributed by atoms with Gasteiger partial charge in [0.1, 0.15) is 5.82 Å². The second kappa shape index (κ2) is 10.0. The average Bonchev–Trinajstić information content (AvgIpc) is 3.40. The number of nitrogens with one attached hydrogen (secondary N) is 1. The highest BCUT2D eigenvalue weighted by atomic mass is 32.2. The Morgan fingerprint density at radius 2 is 1.64 bits per heavy atom. The Morgan fingerprint density at radius 1 is 1.03 bits per heavy atom. The molecule has 33 heavy (non-hydrogen) atoms. The standard InChI is InChI=1S/C23H26N4O5S/c1-12(2)20-24-23(26-25-20)33-11-19(28)18-7-13(3)27(14(18)4)17-9-15(21(29)31-5)8-16(10-17)22(30)32-6/h7-10,12H,11H2,1-6H3,(H,24,25,26). The van der Waals surface area contributed by atoms with Crippen molar-refractivity contribution in [2.45, 2.75) is 38.8 Å². The Kier molecular flexibility index (Phi) is 7.37. The largest absolute Gasteiger partial charge is 0.465 e. The van der Waals surface area contributed by atoms with E-state index >= 15 is 0 Å². The van der Waals surface area contributed by atoms with E-state index in [1.165, 1.54) is 32.0 Å². The highest BCUT2D eigenvalue weighted by Crippen LogP contribution is 2.26. The van der Waals surface area contributed by atoms with Crippen molar-refractivity contribution >= 4 is 29.5 Å². The van der Waals surface area contributed by atoms with E-state index in [1.54, 1.807) is 18.2 Å². The molecule has 9 nitrogen and oxygen atoms in total. The van der Waals surface area contributed by atoms with Crippen LogP contribution in [0.2, 0.25) is 0 Å². The fourth-order valence-corrected chi connectivity index (χ4v) is 4.13. The number of esters is 2. The lowest BCUT2D eigenvalue weighted by molar-refractivity contribution is 0.0599. The van der Waals surface area contributed by atoms with E-state index in [1.807, 2.05) is 32.3 Å². The SMILES string of the molecule is COC(=O)c1cc(C(=O)OC)cc(-n2c(C)cc(C(=O)CSc3n[nH]c(C(C)C)n3)c2C)c1. The number of aromatic nitrogens is 4. The number of rotatable bonds is 8. The molecule has 0 radical (unpaired) electrons. The van der Waals surface area contributed by atoms with Gasteiger partial charge in [0.15, 0.2) is 5.78 Å². The summed E-state index contributed by atoms with van der Waals surface area (Å²) in [6, 6.07) is 6.43. The predicted octanol–water partition coefficient (Wildman–Crippen LogP) is 3.88. The summed E-state index contributed by atoms with van der Waals surface area (Å²) in [5.41, 5.74) is 2.97. The number of H-pyrrole nitrogens is 1. The maximum absolute atomic E-state index is 13.0. The van der Waals surface area contributed by atoms with Crippen LogP contribution in [-0.2, 0) is 9.47 Å². The van der Waals surface area contributed by atoms with Gasteiger partial charge < -0.3 is 14.0 Å². The van der Waals surface area contributed by atoms with Gasteiger partial charge in [0, 0.05) is 28.6 Å². The normalized spacial score (nSPS) is 11.0. The van der Waals surface area contributed by atoms with E-state index in [4.69, 9.17) is 9.47 Å². The molecule has 10 heteroatoms. The van der Waals surface area contributed by atoms with Crippen molar-refractivity contribution in [2.24, 2.45) is 0 Å². The lowest BCUT2D eigenvalue weighted by Crippen LogP contribution is -2.10. The molecule has 0 atom stereocenters. The number of carbonyl (C=O) groups excluding carboxylic acids is 3. The minimum absolute atomic E-state index is 0.0763. The van der Waals surface area contributed by atoms with E-state index in [-0.39, 0.29) is 28.6 Å². The van der Waals surface area contributed by atoms with Gasteiger partial charge >= 0.3 is 11.9 Å². The minimum Gasteiger partial charge on any atom is -0.465 e.